The van der Waals surface area contributed by atoms with Gasteiger partial charge >= 0.3 is 0 Å². The summed E-state index contributed by atoms with van der Waals surface area (Å²) in [7, 11) is 1.55. The number of amides is 1. The van der Waals surface area contributed by atoms with E-state index in [1.807, 2.05) is 11.0 Å². The average Bonchev–Trinajstić information content (AvgIpc) is 3.10. The maximum absolute atomic E-state index is 12.4. The second-order valence-electron chi connectivity index (χ2n) is 4.95. The van der Waals surface area contributed by atoms with E-state index in [2.05, 4.69) is 9.97 Å². The van der Waals surface area contributed by atoms with Crippen LogP contribution in [0.4, 0.5) is 5.95 Å². The number of carbonyl (C=O) groups excluding carboxylic acids is 1. The highest BCUT2D eigenvalue weighted by Crippen LogP contribution is 2.17. The minimum atomic E-state index is -0.266. The zero-order valence-corrected chi connectivity index (χ0v) is 13.8. The minimum Gasteiger partial charge on any atom is -0.481 e. The molecular weight excluding hydrogens is 334 g/mol. The lowest BCUT2D eigenvalue weighted by Crippen LogP contribution is -2.49. The van der Waals surface area contributed by atoms with Crippen LogP contribution in [0.1, 0.15) is 16.1 Å². The first-order valence-electron chi connectivity index (χ1n) is 7.12. The molecule has 24 heavy (non-hydrogen) atoms. The van der Waals surface area contributed by atoms with E-state index in [0.717, 1.165) is 0 Å². The molecule has 2 aromatic rings. The standard InChI is InChI=1S/C15H15N5O3.ClH/c1-22-12-2-4-17-15(18-12)20-7-5-19(6-8-20)14(21)13-11(10-16)3-9-23-13;/h2-4,9H,5-8H2,1H3;1H. The molecule has 0 aliphatic carbocycles. The number of nitrogens with zero attached hydrogens (tertiary/aromatic N) is 5. The van der Waals surface area contributed by atoms with Gasteiger partial charge in [0.2, 0.25) is 17.6 Å². The molecule has 1 amide bonds. The summed E-state index contributed by atoms with van der Waals surface area (Å²) in [5, 5.41) is 8.98. The molecule has 0 unspecified atom stereocenters. The Morgan fingerprint density at radius 2 is 2.08 bits per heavy atom. The van der Waals surface area contributed by atoms with Gasteiger partial charge in [0.15, 0.2) is 0 Å². The van der Waals surface area contributed by atoms with Crippen molar-refractivity contribution in [2.45, 2.75) is 0 Å². The molecule has 0 bridgehead atoms. The quantitative estimate of drug-likeness (QED) is 0.824. The predicted octanol–water partition coefficient (Wildman–Crippen LogP) is 1.33. The van der Waals surface area contributed by atoms with Gasteiger partial charge < -0.3 is 19.0 Å². The zero-order chi connectivity index (χ0) is 16.2. The Hall–Kier alpha value is -2.79. The fourth-order valence-electron chi connectivity index (χ4n) is 2.41. The first kappa shape index (κ1) is 17.6. The van der Waals surface area contributed by atoms with E-state index in [9.17, 15) is 4.79 Å². The van der Waals surface area contributed by atoms with Gasteiger partial charge in [0.1, 0.15) is 11.6 Å². The number of methoxy groups -OCH3 is 1. The van der Waals surface area contributed by atoms with Gasteiger partial charge in [-0.2, -0.15) is 10.2 Å². The molecule has 2 aromatic heterocycles. The SMILES string of the molecule is COc1ccnc(N2CCN(C(=O)c3occc3C#N)CC2)n1.Cl. The Morgan fingerprint density at radius 3 is 2.75 bits per heavy atom. The zero-order valence-electron chi connectivity index (χ0n) is 13.0. The Balaban J connectivity index is 0.00000208. The normalized spacial score (nSPS) is 13.8. The van der Waals surface area contributed by atoms with E-state index in [1.54, 1.807) is 24.3 Å². The van der Waals surface area contributed by atoms with Crippen molar-refractivity contribution in [3.8, 4) is 11.9 Å². The fraction of sp³-hybridized carbons (Fsp3) is 0.333. The summed E-state index contributed by atoms with van der Waals surface area (Å²) >= 11 is 0. The molecule has 9 heteroatoms. The number of ether oxygens (including phenoxy) is 1. The molecule has 1 fully saturated rings. The first-order valence-corrected chi connectivity index (χ1v) is 7.12. The van der Waals surface area contributed by atoms with Crippen LogP contribution >= 0.6 is 12.4 Å². The molecule has 0 aromatic carbocycles. The van der Waals surface area contributed by atoms with Crippen molar-refractivity contribution in [3.63, 3.8) is 0 Å². The molecule has 8 nitrogen and oxygen atoms in total. The molecule has 1 aliphatic heterocycles. The van der Waals surface area contributed by atoms with Gasteiger partial charge in [-0.1, -0.05) is 0 Å². The lowest BCUT2D eigenvalue weighted by molar-refractivity contribution is 0.0713. The van der Waals surface area contributed by atoms with Gasteiger partial charge in [0.25, 0.3) is 5.91 Å². The number of piperazine rings is 1. The molecule has 1 saturated heterocycles. The number of hydrogen-bond acceptors (Lipinski definition) is 7. The molecule has 3 heterocycles. The Morgan fingerprint density at radius 1 is 1.33 bits per heavy atom. The van der Waals surface area contributed by atoms with Gasteiger partial charge in [0.05, 0.1) is 13.4 Å². The van der Waals surface area contributed by atoms with Crippen molar-refractivity contribution in [2.75, 3.05) is 38.2 Å². The largest absolute Gasteiger partial charge is 0.481 e. The van der Waals surface area contributed by atoms with Crippen LogP contribution in [0.3, 0.4) is 0 Å². The topological polar surface area (TPSA) is 95.5 Å². The van der Waals surface area contributed by atoms with Crippen LogP contribution in [0.2, 0.25) is 0 Å². The van der Waals surface area contributed by atoms with Gasteiger partial charge in [-0.05, 0) is 6.07 Å². The Bertz CT molecular complexity index is 750. The number of halogens is 1. The number of nitriles is 1. The number of hydrogen-bond donors (Lipinski definition) is 0. The van der Waals surface area contributed by atoms with Crippen molar-refractivity contribution < 1.29 is 13.9 Å². The number of carbonyl (C=O) groups is 1. The smallest absolute Gasteiger partial charge is 0.291 e. The number of furan rings is 1. The average molecular weight is 350 g/mol. The van der Waals surface area contributed by atoms with E-state index in [1.165, 1.54) is 12.3 Å². The van der Waals surface area contributed by atoms with Gasteiger partial charge in [-0.25, -0.2) is 4.98 Å². The summed E-state index contributed by atoms with van der Waals surface area (Å²) < 4.78 is 10.2. The molecular formula is C15H16ClN5O3. The predicted molar refractivity (Wildman–Crippen MR) is 87.4 cm³/mol. The Kier molecular flexibility index (Phi) is 5.60. The number of anilines is 1. The highest BCUT2D eigenvalue weighted by atomic mass is 35.5. The van der Waals surface area contributed by atoms with Crippen LogP contribution in [0.25, 0.3) is 0 Å². The lowest BCUT2D eigenvalue weighted by Gasteiger charge is -2.34. The van der Waals surface area contributed by atoms with Gasteiger partial charge in [0, 0.05) is 38.4 Å². The molecule has 3 rings (SSSR count). The summed E-state index contributed by atoms with van der Waals surface area (Å²) in [6.07, 6.45) is 2.99. The maximum atomic E-state index is 12.4. The molecule has 0 saturated carbocycles. The van der Waals surface area contributed by atoms with Crippen LogP contribution < -0.4 is 9.64 Å². The first-order chi connectivity index (χ1) is 11.2. The highest BCUT2D eigenvalue weighted by molar-refractivity contribution is 5.94. The highest BCUT2D eigenvalue weighted by Gasteiger charge is 2.27. The maximum Gasteiger partial charge on any atom is 0.291 e. The van der Waals surface area contributed by atoms with E-state index in [0.29, 0.717) is 38.0 Å². The van der Waals surface area contributed by atoms with E-state index in [-0.39, 0.29) is 29.6 Å². The molecule has 126 valence electrons. The monoisotopic (exact) mass is 349 g/mol. The third-order valence-electron chi connectivity index (χ3n) is 3.66. The van der Waals surface area contributed by atoms with Crippen molar-refractivity contribution in [1.82, 2.24) is 14.9 Å². The second-order valence-corrected chi connectivity index (χ2v) is 4.95. The summed E-state index contributed by atoms with van der Waals surface area (Å²) in [6, 6.07) is 5.14. The second kappa shape index (κ2) is 7.66. The summed E-state index contributed by atoms with van der Waals surface area (Å²) in [6.45, 7) is 2.21. The molecule has 0 spiro atoms. The van der Waals surface area contributed by atoms with Crippen LogP contribution in [0.5, 0.6) is 5.88 Å². The third-order valence-corrected chi connectivity index (χ3v) is 3.66. The fourth-order valence-corrected chi connectivity index (χ4v) is 2.41. The van der Waals surface area contributed by atoms with E-state index in [4.69, 9.17) is 14.4 Å². The molecule has 1 aliphatic rings. The van der Waals surface area contributed by atoms with E-state index < -0.39 is 0 Å². The number of aromatic nitrogens is 2. The molecule has 0 N–H and O–H groups in total. The molecule has 0 atom stereocenters. The van der Waals surface area contributed by atoms with Crippen LogP contribution in [-0.2, 0) is 0 Å². The van der Waals surface area contributed by atoms with Crippen LogP contribution in [0, 0.1) is 11.3 Å². The van der Waals surface area contributed by atoms with Crippen LogP contribution in [0.15, 0.2) is 29.0 Å². The van der Waals surface area contributed by atoms with Crippen molar-refractivity contribution in [3.05, 3.63) is 35.9 Å². The van der Waals surface area contributed by atoms with E-state index >= 15 is 0 Å². The third kappa shape index (κ3) is 3.41. The van der Waals surface area contributed by atoms with Gasteiger partial charge in [-0.3, -0.25) is 4.79 Å². The number of rotatable bonds is 3. The molecule has 0 radical (unpaired) electrons. The summed E-state index contributed by atoms with van der Waals surface area (Å²) in [4.78, 5) is 24.6. The lowest BCUT2D eigenvalue weighted by atomic mass is 10.2. The van der Waals surface area contributed by atoms with Crippen molar-refractivity contribution >= 4 is 24.3 Å². The van der Waals surface area contributed by atoms with Crippen LogP contribution in [-0.4, -0.2) is 54.1 Å². The van der Waals surface area contributed by atoms with Crippen molar-refractivity contribution in [2.24, 2.45) is 0 Å². The Labute approximate surface area is 145 Å². The van der Waals surface area contributed by atoms with Crippen molar-refractivity contribution in [1.29, 1.82) is 5.26 Å². The minimum absolute atomic E-state index is 0. The summed E-state index contributed by atoms with van der Waals surface area (Å²) in [5.74, 6) is 0.909. The summed E-state index contributed by atoms with van der Waals surface area (Å²) in [5.41, 5.74) is 0.258. The van der Waals surface area contributed by atoms with Gasteiger partial charge in [-0.15, -0.1) is 12.4 Å².